The van der Waals surface area contributed by atoms with Crippen molar-refractivity contribution in [3.63, 3.8) is 0 Å². The lowest BCUT2D eigenvalue weighted by Gasteiger charge is -2.36. The van der Waals surface area contributed by atoms with Gasteiger partial charge >= 0.3 is 0 Å². The Kier molecular flexibility index (Phi) is 5.90. The zero-order chi connectivity index (χ0) is 14.4. The molecular formula is C18H30N2. The third kappa shape index (κ3) is 3.99. The second kappa shape index (κ2) is 7.68. The monoisotopic (exact) mass is 274 g/mol. The molecule has 1 aromatic rings. The van der Waals surface area contributed by atoms with E-state index in [1.54, 1.807) is 0 Å². The van der Waals surface area contributed by atoms with Crippen molar-refractivity contribution in [3.8, 4) is 0 Å². The third-order valence-corrected chi connectivity index (χ3v) is 4.61. The number of nitrogens with zero attached hydrogens (tertiary/aromatic N) is 1. The fourth-order valence-electron chi connectivity index (χ4n) is 3.41. The lowest BCUT2D eigenvalue weighted by molar-refractivity contribution is 0.268. The van der Waals surface area contributed by atoms with Crippen LogP contribution in [0, 0.1) is 12.8 Å². The molecule has 2 atom stereocenters. The van der Waals surface area contributed by atoms with Crippen LogP contribution < -0.4 is 10.2 Å². The summed E-state index contributed by atoms with van der Waals surface area (Å²) < 4.78 is 0. The van der Waals surface area contributed by atoms with Gasteiger partial charge in [0.2, 0.25) is 0 Å². The second-order valence-electron chi connectivity index (χ2n) is 6.08. The van der Waals surface area contributed by atoms with Crippen molar-refractivity contribution >= 4 is 5.69 Å². The average Bonchev–Trinajstić information content (AvgIpc) is 2.48. The number of anilines is 1. The van der Waals surface area contributed by atoms with E-state index in [1.165, 1.54) is 43.5 Å². The predicted molar refractivity (Wildman–Crippen MR) is 88.5 cm³/mol. The standard InChI is InChI=1S/C18H30N2/c1-4-19-18-9-7-6-8-16(18)14-20(5-2)17-12-10-15(3)11-13-17/h10-13,16,18-19H,4-9,14H2,1-3H3. The molecule has 0 spiro atoms. The minimum absolute atomic E-state index is 0.716. The summed E-state index contributed by atoms with van der Waals surface area (Å²) in [5, 5.41) is 3.70. The molecule has 1 aliphatic carbocycles. The minimum Gasteiger partial charge on any atom is -0.371 e. The Morgan fingerprint density at radius 1 is 1.10 bits per heavy atom. The molecule has 0 amide bonds. The Bertz CT molecular complexity index is 383. The van der Waals surface area contributed by atoms with Crippen molar-refractivity contribution in [3.05, 3.63) is 29.8 Å². The maximum absolute atomic E-state index is 3.70. The van der Waals surface area contributed by atoms with E-state index >= 15 is 0 Å². The highest BCUT2D eigenvalue weighted by Gasteiger charge is 2.25. The predicted octanol–water partition coefficient (Wildman–Crippen LogP) is 3.99. The Balaban J connectivity index is 2.02. The summed E-state index contributed by atoms with van der Waals surface area (Å²) in [4.78, 5) is 2.54. The van der Waals surface area contributed by atoms with Gasteiger partial charge in [-0.25, -0.2) is 0 Å². The van der Waals surface area contributed by atoms with Crippen LogP contribution in [0.15, 0.2) is 24.3 Å². The molecule has 2 unspecified atom stereocenters. The van der Waals surface area contributed by atoms with Gasteiger partial charge in [-0.3, -0.25) is 0 Å². The van der Waals surface area contributed by atoms with Crippen LogP contribution in [0.25, 0.3) is 0 Å². The Labute approximate surface area is 124 Å². The molecule has 0 bridgehead atoms. The molecule has 0 aromatic heterocycles. The van der Waals surface area contributed by atoms with Crippen LogP contribution in [0.1, 0.15) is 45.1 Å². The van der Waals surface area contributed by atoms with Gasteiger partial charge in [0.1, 0.15) is 0 Å². The van der Waals surface area contributed by atoms with Crippen molar-refractivity contribution in [2.24, 2.45) is 5.92 Å². The molecule has 112 valence electrons. The minimum atomic E-state index is 0.716. The summed E-state index contributed by atoms with van der Waals surface area (Å²) in [7, 11) is 0. The first-order valence-electron chi connectivity index (χ1n) is 8.29. The van der Waals surface area contributed by atoms with Crippen LogP contribution in [0.2, 0.25) is 0 Å². The number of benzene rings is 1. The quantitative estimate of drug-likeness (QED) is 0.844. The zero-order valence-electron chi connectivity index (χ0n) is 13.4. The topological polar surface area (TPSA) is 15.3 Å². The Hall–Kier alpha value is -1.02. The zero-order valence-corrected chi connectivity index (χ0v) is 13.4. The number of rotatable bonds is 6. The van der Waals surface area contributed by atoms with Gasteiger partial charge in [-0.1, -0.05) is 37.5 Å². The van der Waals surface area contributed by atoms with Gasteiger partial charge < -0.3 is 10.2 Å². The van der Waals surface area contributed by atoms with Crippen LogP contribution >= 0.6 is 0 Å². The number of hydrogen-bond acceptors (Lipinski definition) is 2. The molecule has 0 aliphatic heterocycles. The van der Waals surface area contributed by atoms with Gasteiger partial charge in [0.25, 0.3) is 0 Å². The number of hydrogen-bond donors (Lipinski definition) is 1. The molecule has 1 saturated carbocycles. The maximum atomic E-state index is 3.70. The maximum Gasteiger partial charge on any atom is 0.0366 e. The molecule has 1 fully saturated rings. The summed E-state index contributed by atoms with van der Waals surface area (Å²) in [6, 6.07) is 9.70. The van der Waals surface area contributed by atoms with Gasteiger partial charge in [0, 0.05) is 24.8 Å². The fourth-order valence-corrected chi connectivity index (χ4v) is 3.41. The molecule has 2 heteroatoms. The van der Waals surface area contributed by atoms with Crippen molar-refractivity contribution in [2.45, 2.75) is 52.5 Å². The van der Waals surface area contributed by atoms with E-state index in [9.17, 15) is 0 Å². The Morgan fingerprint density at radius 3 is 2.45 bits per heavy atom. The van der Waals surface area contributed by atoms with Crippen molar-refractivity contribution in [1.29, 1.82) is 0 Å². The highest BCUT2D eigenvalue weighted by Crippen LogP contribution is 2.27. The van der Waals surface area contributed by atoms with E-state index in [2.05, 4.69) is 55.3 Å². The first-order valence-corrected chi connectivity index (χ1v) is 8.29. The van der Waals surface area contributed by atoms with Crippen molar-refractivity contribution < 1.29 is 0 Å². The summed E-state index contributed by atoms with van der Waals surface area (Å²) in [5.74, 6) is 0.796. The first-order chi connectivity index (χ1) is 9.74. The van der Waals surface area contributed by atoms with Crippen LogP contribution in [-0.4, -0.2) is 25.7 Å². The summed E-state index contributed by atoms with van der Waals surface area (Å²) in [6.07, 6.45) is 5.52. The first kappa shape index (κ1) is 15.4. The van der Waals surface area contributed by atoms with E-state index in [0.29, 0.717) is 6.04 Å². The highest BCUT2D eigenvalue weighted by molar-refractivity contribution is 5.47. The summed E-state index contributed by atoms with van der Waals surface area (Å²) in [5.41, 5.74) is 2.71. The normalized spacial score (nSPS) is 22.8. The SMILES string of the molecule is CCNC1CCCCC1CN(CC)c1ccc(C)cc1. The molecule has 0 radical (unpaired) electrons. The highest BCUT2D eigenvalue weighted by atomic mass is 15.1. The lowest BCUT2D eigenvalue weighted by Crippen LogP contribution is -2.44. The van der Waals surface area contributed by atoms with Crippen LogP contribution in [0.5, 0.6) is 0 Å². The Morgan fingerprint density at radius 2 is 1.80 bits per heavy atom. The van der Waals surface area contributed by atoms with Gasteiger partial charge in [0.05, 0.1) is 0 Å². The number of aryl methyl sites for hydroxylation is 1. The van der Waals surface area contributed by atoms with E-state index in [0.717, 1.165) is 19.0 Å². The largest absolute Gasteiger partial charge is 0.371 e. The molecule has 2 nitrogen and oxygen atoms in total. The molecule has 0 heterocycles. The van der Waals surface area contributed by atoms with Crippen molar-refractivity contribution in [2.75, 3.05) is 24.5 Å². The molecule has 0 saturated heterocycles. The van der Waals surface area contributed by atoms with E-state index in [4.69, 9.17) is 0 Å². The molecule has 1 aliphatic rings. The van der Waals surface area contributed by atoms with Crippen LogP contribution in [-0.2, 0) is 0 Å². The summed E-state index contributed by atoms with van der Waals surface area (Å²) in [6.45, 7) is 10.0. The third-order valence-electron chi connectivity index (χ3n) is 4.61. The van der Waals surface area contributed by atoms with E-state index in [1.807, 2.05) is 0 Å². The number of nitrogens with one attached hydrogen (secondary N) is 1. The smallest absolute Gasteiger partial charge is 0.0366 e. The van der Waals surface area contributed by atoms with E-state index < -0.39 is 0 Å². The van der Waals surface area contributed by atoms with Gasteiger partial charge in [-0.2, -0.15) is 0 Å². The van der Waals surface area contributed by atoms with Gasteiger partial charge in [-0.05, 0) is 51.3 Å². The van der Waals surface area contributed by atoms with Crippen molar-refractivity contribution in [1.82, 2.24) is 5.32 Å². The molecule has 2 rings (SSSR count). The lowest BCUT2D eigenvalue weighted by atomic mass is 9.84. The molecule has 1 aromatic carbocycles. The fraction of sp³-hybridized carbons (Fsp3) is 0.667. The molecule has 20 heavy (non-hydrogen) atoms. The van der Waals surface area contributed by atoms with Gasteiger partial charge in [0.15, 0.2) is 0 Å². The van der Waals surface area contributed by atoms with Crippen LogP contribution in [0.4, 0.5) is 5.69 Å². The van der Waals surface area contributed by atoms with Gasteiger partial charge in [-0.15, -0.1) is 0 Å². The molecule has 1 N–H and O–H groups in total. The second-order valence-corrected chi connectivity index (χ2v) is 6.08. The van der Waals surface area contributed by atoms with Crippen LogP contribution in [0.3, 0.4) is 0 Å². The summed E-state index contributed by atoms with van der Waals surface area (Å²) >= 11 is 0. The van der Waals surface area contributed by atoms with E-state index in [-0.39, 0.29) is 0 Å². The molecular weight excluding hydrogens is 244 g/mol. The average molecular weight is 274 g/mol.